The summed E-state index contributed by atoms with van der Waals surface area (Å²) in [7, 11) is 0. The number of nitrogens with zero attached hydrogens (tertiary/aromatic N) is 3. The molecule has 0 aliphatic rings. The summed E-state index contributed by atoms with van der Waals surface area (Å²) in [5, 5.41) is 8.59. The lowest BCUT2D eigenvalue weighted by Crippen LogP contribution is -2.10. The second-order valence-electron chi connectivity index (χ2n) is 4.41. The van der Waals surface area contributed by atoms with E-state index in [2.05, 4.69) is 56.8 Å². The summed E-state index contributed by atoms with van der Waals surface area (Å²) in [4.78, 5) is 8.59. The van der Waals surface area contributed by atoms with Crippen LogP contribution in [0.25, 0.3) is 11.0 Å². The largest absolute Gasteiger partial charge is 0.292 e. The molecule has 102 valence electrons. The summed E-state index contributed by atoms with van der Waals surface area (Å²) in [5.41, 5.74) is 5.66. The molecule has 6 nitrogen and oxygen atoms in total. The van der Waals surface area contributed by atoms with E-state index in [0.29, 0.717) is 11.6 Å². The number of nitrogen functional groups attached to an aromatic ring is 1. The van der Waals surface area contributed by atoms with Crippen molar-refractivity contribution < 1.29 is 0 Å². The van der Waals surface area contributed by atoms with E-state index in [1.54, 1.807) is 18.0 Å². The van der Waals surface area contributed by atoms with Crippen molar-refractivity contribution in [3.8, 4) is 0 Å². The van der Waals surface area contributed by atoms with Crippen molar-refractivity contribution in [1.82, 2.24) is 20.2 Å². The van der Waals surface area contributed by atoms with Crippen molar-refractivity contribution in [3.05, 3.63) is 41.6 Å². The van der Waals surface area contributed by atoms with E-state index in [9.17, 15) is 0 Å². The molecule has 0 bridgehead atoms. The molecule has 2 heterocycles. The van der Waals surface area contributed by atoms with E-state index in [4.69, 9.17) is 5.84 Å². The van der Waals surface area contributed by atoms with Gasteiger partial charge in [-0.05, 0) is 12.5 Å². The predicted molar refractivity (Wildman–Crippen MR) is 80.2 cm³/mol. The van der Waals surface area contributed by atoms with Gasteiger partial charge in [0.15, 0.2) is 5.65 Å². The second-order valence-corrected chi connectivity index (χ2v) is 5.37. The molecule has 0 spiro atoms. The first kappa shape index (κ1) is 12.9. The Morgan fingerprint density at radius 1 is 1.35 bits per heavy atom. The van der Waals surface area contributed by atoms with Crippen molar-refractivity contribution in [3.63, 3.8) is 0 Å². The third-order valence-electron chi connectivity index (χ3n) is 2.86. The highest BCUT2D eigenvalue weighted by Crippen LogP contribution is 2.28. The van der Waals surface area contributed by atoms with Gasteiger partial charge in [0.1, 0.15) is 5.03 Å². The predicted octanol–water partition coefficient (Wildman–Crippen LogP) is 2.24. The van der Waals surface area contributed by atoms with Crippen molar-refractivity contribution in [2.45, 2.75) is 17.7 Å². The van der Waals surface area contributed by atoms with Crippen LogP contribution in [0.1, 0.15) is 11.1 Å². The summed E-state index contributed by atoms with van der Waals surface area (Å²) >= 11 is 1.64. The van der Waals surface area contributed by atoms with Crippen molar-refractivity contribution in [2.24, 2.45) is 5.84 Å². The molecule has 20 heavy (non-hydrogen) atoms. The monoisotopic (exact) mass is 286 g/mol. The molecular weight excluding hydrogens is 272 g/mol. The fourth-order valence-corrected chi connectivity index (χ4v) is 2.88. The lowest BCUT2D eigenvalue weighted by Gasteiger charge is -2.05. The smallest absolute Gasteiger partial charge is 0.240 e. The van der Waals surface area contributed by atoms with Gasteiger partial charge in [-0.1, -0.05) is 29.8 Å². The number of aryl methyl sites for hydroxylation is 1. The lowest BCUT2D eigenvalue weighted by atomic mass is 10.2. The fraction of sp³-hybridized carbons (Fsp3) is 0.154. The summed E-state index contributed by atoms with van der Waals surface area (Å²) in [6.45, 7) is 2.09. The minimum Gasteiger partial charge on any atom is -0.292 e. The van der Waals surface area contributed by atoms with Crippen LogP contribution in [0.3, 0.4) is 0 Å². The van der Waals surface area contributed by atoms with E-state index < -0.39 is 0 Å². The maximum atomic E-state index is 5.39. The summed E-state index contributed by atoms with van der Waals surface area (Å²) in [6, 6.07) is 8.42. The zero-order valence-corrected chi connectivity index (χ0v) is 11.7. The zero-order chi connectivity index (χ0) is 13.9. The molecule has 3 aromatic rings. The first-order valence-corrected chi connectivity index (χ1v) is 7.11. The molecule has 0 unspecified atom stereocenters. The van der Waals surface area contributed by atoms with Gasteiger partial charge in [0.2, 0.25) is 5.95 Å². The van der Waals surface area contributed by atoms with Crippen LogP contribution in [-0.4, -0.2) is 20.2 Å². The number of fused-ring (bicyclic) bond motifs is 1. The molecule has 3 rings (SSSR count). The fourth-order valence-electron chi connectivity index (χ4n) is 1.94. The molecule has 0 radical (unpaired) electrons. The van der Waals surface area contributed by atoms with Gasteiger partial charge in [0, 0.05) is 5.75 Å². The maximum Gasteiger partial charge on any atom is 0.240 e. The highest BCUT2D eigenvalue weighted by atomic mass is 32.2. The number of nitrogens with two attached hydrogens (primary N) is 1. The minimum absolute atomic E-state index is 0.383. The van der Waals surface area contributed by atoms with Gasteiger partial charge in [0.25, 0.3) is 0 Å². The van der Waals surface area contributed by atoms with Crippen molar-refractivity contribution in [2.75, 3.05) is 5.43 Å². The number of thioether (sulfide) groups is 1. The normalized spacial score (nSPS) is 10.9. The van der Waals surface area contributed by atoms with Gasteiger partial charge < -0.3 is 0 Å². The van der Waals surface area contributed by atoms with Gasteiger partial charge in [-0.25, -0.2) is 10.8 Å². The van der Waals surface area contributed by atoms with Crippen LogP contribution in [0.4, 0.5) is 5.95 Å². The van der Waals surface area contributed by atoms with Gasteiger partial charge in [-0.3, -0.25) is 10.5 Å². The molecule has 0 saturated heterocycles. The second kappa shape index (κ2) is 5.48. The summed E-state index contributed by atoms with van der Waals surface area (Å²) < 4.78 is 0. The number of H-pyrrole nitrogens is 1. The van der Waals surface area contributed by atoms with E-state index in [-0.39, 0.29) is 0 Å². The van der Waals surface area contributed by atoms with Crippen LogP contribution < -0.4 is 11.3 Å². The maximum absolute atomic E-state index is 5.39. The Morgan fingerprint density at radius 3 is 3.05 bits per heavy atom. The van der Waals surface area contributed by atoms with Crippen LogP contribution in [0, 0.1) is 6.92 Å². The molecule has 0 atom stereocenters. The lowest BCUT2D eigenvalue weighted by molar-refractivity contribution is 1.05. The highest BCUT2D eigenvalue weighted by molar-refractivity contribution is 7.98. The molecule has 0 aliphatic heterocycles. The molecule has 0 fully saturated rings. The molecule has 2 aromatic heterocycles. The topological polar surface area (TPSA) is 92.5 Å². The first-order chi connectivity index (χ1) is 9.76. The molecule has 0 aliphatic carbocycles. The average Bonchev–Trinajstić information content (AvgIpc) is 2.93. The Kier molecular flexibility index (Phi) is 3.53. The first-order valence-electron chi connectivity index (χ1n) is 6.12. The number of aromatic amines is 1. The van der Waals surface area contributed by atoms with E-state index in [1.165, 1.54) is 11.1 Å². The number of hydrogen-bond acceptors (Lipinski definition) is 6. The number of hydrogen-bond donors (Lipinski definition) is 3. The van der Waals surface area contributed by atoms with Crippen molar-refractivity contribution in [1.29, 1.82) is 0 Å². The van der Waals surface area contributed by atoms with Crippen molar-refractivity contribution >= 4 is 28.7 Å². The van der Waals surface area contributed by atoms with Crippen LogP contribution in [0.2, 0.25) is 0 Å². The minimum atomic E-state index is 0.383. The number of hydrazine groups is 1. The molecule has 1 aromatic carbocycles. The average molecular weight is 286 g/mol. The standard InChI is InChI=1S/C13H14N6S/c1-8-3-2-4-9(5-8)7-20-12-10-6-15-19-11(10)16-13(17-12)18-14/h2-6H,7,14H2,1H3,(H2,15,16,17,18,19). The summed E-state index contributed by atoms with van der Waals surface area (Å²) in [5.74, 6) is 6.61. The van der Waals surface area contributed by atoms with Gasteiger partial charge >= 0.3 is 0 Å². The number of rotatable bonds is 4. The van der Waals surface area contributed by atoms with Crippen LogP contribution >= 0.6 is 11.8 Å². The molecule has 7 heteroatoms. The zero-order valence-electron chi connectivity index (χ0n) is 10.9. The van der Waals surface area contributed by atoms with E-state index >= 15 is 0 Å². The van der Waals surface area contributed by atoms with Crippen LogP contribution in [-0.2, 0) is 5.75 Å². The van der Waals surface area contributed by atoms with Gasteiger partial charge in [-0.15, -0.1) is 11.8 Å². The SMILES string of the molecule is Cc1cccc(CSc2nc(NN)nc3[nH]ncc23)c1. The van der Waals surface area contributed by atoms with Crippen LogP contribution in [0.5, 0.6) is 0 Å². The number of anilines is 1. The number of aromatic nitrogens is 4. The van der Waals surface area contributed by atoms with E-state index in [1.807, 2.05) is 0 Å². The molecule has 4 N–H and O–H groups in total. The molecule has 0 saturated carbocycles. The summed E-state index contributed by atoms with van der Waals surface area (Å²) in [6.07, 6.45) is 1.73. The van der Waals surface area contributed by atoms with E-state index in [0.717, 1.165) is 16.2 Å². The van der Waals surface area contributed by atoms with Crippen LogP contribution in [0.15, 0.2) is 35.5 Å². The Hall–Kier alpha value is -2.12. The Labute approximate surface area is 120 Å². The Morgan fingerprint density at radius 2 is 2.25 bits per heavy atom. The quantitative estimate of drug-likeness (QED) is 0.295. The molecular formula is C13H14N6S. The Bertz CT molecular complexity index is 739. The third-order valence-corrected chi connectivity index (χ3v) is 3.92. The molecule has 0 amide bonds. The van der Waals surface area contributed by atoms with Gasteiger partial charge in [-0.2, -0.15) is 10.1 Å². The Balaban J connectivity index is 1.88. The number of nitrogens with one attached hydrogen (secondary N) is 2. The number of benzene rings is 1. The van der Waals surface area contributed by atoms with Gasteiger partial charge in [0.05, 0.1) is 11.6 Å². The third kappa shape index (κ3) is 2.59. The highest BCUT2D eigenvalue weighted by Gasteiger charge is 2.09.